The average molecular weight is 791 g/mol. The Kier molecular flexibility index (Phi) is 9.86. The number of nitrogens with one attached hydrogen (secondary N) is 2. The molecule has 4 aromatic rings. The van der Waals surface area contributed by atoms with E-state index in [1.807, 2.05) is 11.0 Å². The first-order valence-corrected chi connectivity index (χ1v) is 20.4. The van der Waals surface area contributed by atoms with E-state index in [0.29, 0.717) is 35.5 Å². The number of anilines is 3. The van der Waals surface area contributed by atoms with Crippen LogP contribution in [0.1, 0.15) is 76.3 Å². The van der Waals surface area contributed by atoms with Crippen molar-refractivity contribution >= 4 is 63.2 Å². The van der Waals surface area contributed by atoms with Crippen molar-refractivity contribution in [2.45, 2.75) is 50.5 Å². The van der Waals surface area contributed by atoms with Gasteiger partial charge in [0.2, 0.25) is 11.8 Å². The summed E-state index contributed by atoms with van der Waals surface area (Å²) < 4.78 is 15.4. The van der Waals surface area contributed by atoms with Crippen LogP contribution in [0.3, 0.4) is 0 Å². The Hall–Kier alpha value is -5.45. The van der Waals surface area contributed by atoms with Gasteiger partial charge < -0.3 is 19.7 Å². The van der Waals surface area contributed by atoms with E-state index in [-0.39, 0.29) is 29.7 Å². The van der Waals surface area contributed by atoms with Crippen molar-refractivity contribution in [3.8, 4) is 6.07 Å². The zero-order valence-corrected chi connectivity index (χ0v) is 32.4. The number of amides is 4. The van der Waals surface area contributed by atoms with Gasteiger partial charge in [0.15, 0.2) is 0 Å². The molecule has 0 spiro atoms. The van der Waals surface area contributed by atoms with Gasteiger partial charge in [-0.05, 0) is 85.9 Å². The fourth-order valence-corrected chi connectivity index (χ4v) is 9.85. The van der Waals surface area contributed by atoms with Gasteiger partial charge in [0.25, 0.3) is 11.8 Å². The second kappa shape index (κ2) is 15.1. The standard InChI is InChI=1S/C43H44ClFN8O4/c44-33-5-6-35(40-39(33)29(23-46)24-47-40)51-15-11-28(12-16-51)27-1-3-30(4-2-27)50-13-9-26(10-14-50)25-49-17-19-52(20-18-49)37-22-32-31(21-34(37)45)42(56)53(43(32)57)36-7-8-38(54)48-41(36)55/h1-6,21-22,24,26,28,36,47H,7-20,25H2,(H,48,54,55). The number of imide groups is 2. The van der Waals surface area contributed by atoms with Crippen LogP contribution in [0.25, 0.3) is 10.9 Å². The molecule has 4 saturated heterocycles. The minimum atomic E-state index is -1.08. The van der Waals surface area contributed by atoms with Gasteiger partial charge in [0.1, 0.15) is 17.9 Å². The number of hydrogen-bond donors (Lipinski definition) is 2. The minimum absolute atomic E-state index is 0.0288. The van der Waals surface area contributed by atoms with Gasteiger partial charge in [-0.15, -0.1) is 0 Å². The first-order chi connectivity index (χ1) is 27.7. The molecule has 4 amide bonds. The second-order valence-corrected chi connectivity index (χ2v) is 16.4. The van der Waals surface area contributed by atoms with Gasteiger partial charge in [-0.1, -0.05) is 23.7 Å². The van der Waals surface area contributed by atoms with Crippen LogP contribution in [0, 0.1) is 23.1 Å². The van der Waals surface area contributed by atoms with Crippen LogP contribution in [0.4, 0.5) is 21.5 Å². The van der Waals surface area contributed by atoms with Crippen molar-refractivity contribution in [1.29, 1.82) is 5.26 Å². The molecule has 1 unspecified atom stereocenters. The fourth-order valence-electron chi connectivity index (χ4n) is 9.59. The van der Waals surface area contributed by atoms with Crippen LogP contribution < -0.4 is 20.0 Å². The van der Waals surface area contributed by atoms with Crippen LogP contribution >= 0.6 is 11.6 Å². The molecule has 0 radical (unpaired) electrons. The Morgan fingerprint density at radius 3 is 2.12 bits per heavy atom. The highest BCUT2D eigenvalue weighted by Crippen LogP contribution is 2.38. The number of aromatic nitrogens is 1. The lowest BCUT2D eigenvalue weighted by molar-refractivity contribution is -0.136. The highest BCUT2D eigenvalue weighted by molar-refractivity contribution is 6.36. The lowest BCUT2D eigenvalue weighted by Gasteiger charge is -2.40. The topological polar surface area (TPSA) is 136 Å². The third-order valence-electron chi connectivity index (χ3n) is 12.8. The molecule has 5 aliphatic rings. The van der Waals surface area contributed by atoms with Crippen molar-refractivity contribution in [2.24, 2.45) is 5.92 Å². The molecule has 2 N–H and O–H groups in total. The number of hydrogen-bond acceptors (Lipinski definition) is 9. The number of H-pyrrole nitrogens is 1. The Morgan fingerprint density at radius 1 is 0.772 bits per heavy atom. The first kappa shape index (κ1) is 37.1. The zero-order chi connectivity index (χ0) is 39.4. The van der Waals surface area contributed by atoms with E-state index in [9.17, 15) is 24.4 Å². The third-order valence-corrected chi connectivity index (χ3v) is 13.1. The van der Waals surface area contributed by atoms with E-state index in [0.717, 1.165) is 99.1 Å². The van der Waals surface area contributed by atoms with Crippen molar-refractivity contribution in [2.75, 3.05) is 73.6 Å². The normalized spacial score (nSPS) is 21.4. The number of fused-ring (bicyclic) bond motifs is 2. The molecule has 9 rings (SSSR count). The lowest BCUT2D eigenvalue weighted by atomic mass is 9.89. The quantitative estimate of drug-likeness (QED) is 0.228. The highest BCUT2D eigenvalue weighted by atomic mass is 35.5. The van der Waals surface area contributed by atoms with Crippen molar-refractivity contribution < 1.29 is 23.6 Å². The monoisotopic (exact) mass is 790 g/mol. The molecule has 0 bridgehead atoms. The Bertz CT molecular complexity index is 2300. The number of rotatable bonds is 7. The number of carbonyl (C=O) groups excluding carboxylic acids is 4. The zero-order valence-electron chi connectivity index (χ0n) is 31.6. The summed E-state index contributed by atoms with van der Waals surface area (Å²) in [5, 5.41) is 13.1. The van der Waals surface area contributed by atoms with Crippen LogP contribution in [0.2, 0.25) is 5.02 Å². The number of benzene rings is 3. The van der Waals surface area contributed by atoms with Crippen molar-refractivity contribution in [3.05, 3.63) is 87.8 Å². The SMILES string of the molecule is N#Cc1c[nH]c2c(N3CCC(c4ccc(N5CCC(CN6CCN(c7cc8c(cc7F)C(=O)N(C7CCC(=O)NC7=O)C8=O)CC6)CC5)cc4)CC3)ccc(Cl)c12. The Morgan fingerprint density at radius 2 is 1.44 bits per heavy atom. The number of aromatic amines is 1. The van der Waals surface area contributed by atoms with Crippen LogP contribution in [0.5, 0.6) is 0 Å². The summed E-state index contributed by atoms with van der Waals surface area (Å²) in [6.07, 6.45) is 6.15. The molecule has 1 atom stereocenters. The largest absolute Gasteiger partial charge is 0.372 e. The number of nitriles is 1. The average Bonchev–Trinajstić information content (AvgIpc) is 3.77. The second-order valence-electron chi connectivity index (χ2n) is 16.0. The van der Waals surface area contributed by atoms with Gasteiger partial charge in [0.05, 0.1) is 38.6 Å². The molecule has 6 heterocycles. The molecule has 0 saturated carbocycles. The van der Waals surface area contributed by atoms with Gasteiger partial charge >= 0.3 is 0 Å². The van der Waals surface area contributed by atoms with Crippen LogP contribution in [-0.4, -0.2) is 103 Å². The van der Waals surface area contributed by atoms with Crippen molar-refractivity contribution in [1.82, 2.24) is 20.1 Å². The molecular formula is C43H44ClFN8O4. The summed E-state index contributed by atoms with van der Waals surface area (Å²) in [6, 6.07) is 16.8. The van der Waals surface area contributed by atoms with Crippen molar-refractivity contribution in [3.63, 3.8) is 0 Å². The summed E-state index contributed by atoms with van der Waals surface area (Å²) in [6.45, 7) is 7.61. The number of piperazine rings is 1. The van der Waals surface area contributed by atoms with E-state index in [2.05, 4.69) is 61.4 Å². The molecule has 57 heavy (non-hydrogen) atoms. The number of halogens is 2. The summed E-state index contributed by atoms with van der Waals surface area (Å²) >= 11 is 6.45. The summed E-state index contributed by atoms with van der Waals surface area (Å²) in [4.78, 5) is 63.9. The van der Waals surface area contributed by atoms with Gasteiger partial charge in [-0.3, -0.25) is 34.3 Å². The molecule has 1 aromatic heterocycles. The molecule has 3 aromatic carbocycles. The number of carbonyl (C=O) groups is 4. The molecule has 12 nitrogen and oxygen atoms in total. The maximum Gasteiger partial charge on any atom is 0.262 e. The fraction of sp³-hybridized carbons (Fsp3) is 0.419. The number of piperidine rings is 3. The lowest BCUT2D eigenvalue weighted by Crippen LogP contribution is -2.54. The molecule has 294 valence electrons. The molecule has 14 heteroatoms. The third kappa shape index (κ3) is 6.89. The molecular weight excluding hydrogens is 747 g/mol. The minimum Gasteiger partial charge on any atom is -0.372 e. The smallest absolute Gasteiger partial charge is 0.262 e. The van der Waals surface area contributed by atoms with Gasteiger partial charge in [-0.25, -0.2) is 4.39 Å². The van der Waals surface area contributed by atoms with E-state index in [1.165, 1.54) is 17.3 Å². The van der Waals surface area contributed by atoms with E-state index >= 15 is 4.39 Å². The highest BCUT2D eigenvalue weighted by Gasteiger charge is 2.45. The van der Waals surface area contributed by atoms with E-state index in [1.54, 1.807) is 6.20 Å². The predicted octanol–water partition coefficient (Wildman–Crippen LogP) is 5.66. The first-order valence-electron chi connectivity index (χ1n) is 20.0. The molecule has 5 aliphatic heterocycles. The van der Waals surface area contributed by atoms with E-state index < -0.39 is 35.5 Å². The summed E-state index contributed by atoms with van der Waals surface area (Å²) in [7, 11) is 0. The van der Waals surface area contributed by atoms with Crippen LogP contribution in [0.15, 0.2) is 54.7 Å². The summed E-state index contributed by atoms with van der Waals surface area (Å²) in [5.74, 6) is -1.95. The number of nitrogens with zero attached hydrogens (tertiary/aromatic N) is 6. The molecule has 4 fully saturated rings. The molecule has 0 aliphatic carbocycles. The Labute approximate surface area is 335 Å². The Balaban J connectivity index is 0.743. The van der Waals surface area contributed by atoms with Gasteiger partial charge in [0, 0.05) is 82.6 Å². The van der Waals surface area contributed by atoms with Crippen LogP contribution in [-0.2, 0) is 9.59 Å². The maximum atomic E-state index is 15.4. The predicted molar refractivity (Wildman–Crippen MR) is 215 cm³/mol. The summed E-state index contributed by atoms with van der Waals surface area (Å²) in [5.41, 5.74) is 5.59. The maximum absolute atomic E-state index is 15.4. The van der Waals surface area contributed by atoms with Gasteiger partial charge in [-0.2, -0.15) is 5.26 Å². The van der Waals surface area contributed by atoms with E-state index in [4.69, 9.17) is 11.6 Å².